The van der Waals surface area contributed by atoms with Gasteiger partial charge in [0.2, 0.25) is 5.91 Å². The molecule has 5 heteroatoms. The van der Waals surface area contributed by atoms with Crippen LogP contribution in [0.4, 0.5) is 4.79 Å². The van der Waals surface area contributed by atoms with Gasteiger partial charge in [-0.25, -0.2) is 4.79 Å². The summed E-state index contributed by atoms with van der Waals surface area (Å²) in [6, 6.07) is 9.98. The number of rotatable bonds is 3. The van der Waals surface area contributed by atoms with E-state index in [1.807, 2.05) is 35.2 Å². The molecule has 0 N–H and O–H groups in total. The normalized spacial score (nSPS) is 19.3. The molecule has 1 aromatic rings. The van der Waals surface area contributed by atoms with Crippen LogP contribution in [-0.4, -0.2) is 47.5 Å². The van der Waals surface area contributed by atoms with E-state index >= 15 is 0 Å². The summed E-state index contributed by atoms with van der Waals surface area (Å²) in [5.41, 5.74) is 0.993. The van der Waals surface area contributed by atoms with Crippen LogP contribution in [0.15, 0.2) is 30.3 Å². The first kappa shape index (κ1) is 13.9. The van der Waals surface area contributed by atoms with Gasteiger partial charge in [0.1, 0.15) is 6.61 Å². The minimum Gasteiger partial charge on any atom is -0.445 e. The molecule has 0 unspecified atom stereocenters. The lowest BCUT2D eigenvalue weighted by molar-refractivity contribution is -0.144. The lowest BCUT2D eigenvalue weighted by atomic mass is 9.99. The van der Waals surface area contributed by atoms with Crippen molar-refractivity contribution in [3.63, 3.8) is 0 Å². The fraction of sp³-hybridized carbons (Fsp3) is 0.500. The molecule has 5 nitrogen and oxygen atoms in total. The van der Waals surface area contributed by atoms with E-state index < -0.39 is 0 Å². The molecule has 2 amide bonds. The molecule has 2 saturated heterocycles. The molecule has 2 fully saturated rings. The first-order chi connectivity index (χ1) is 10.2. The standard InChI is InChI=1S/C16H20N2O3/c19-15-8-11-18(15)14-6-9-17(10-7-14)16(20)21-12-13-4-2-1-3-5-13/h1-5,14H,6-12H2. The van der Waals surface area contributed by atoms with E-state index in [0.717, 1.165) is 24.9 Å². The van der Waals surface area contributed by atoms with Crippen molar-refractivity contribution >= 4 is 12.0 Å². The van der Waals surface area contributed by atoms with Gasteiger partial charge < -0.3 is 14.5 Å². The molecule has 112 valence electrons. The zero-order chi connectivity index (χ0) is 14.7. The highest BCUT2D eigenvalue weighted by Gasteiger charge is 2.34. The first-order valence-corrected chi connectivity index (χ1v) is 7.49. The highest BCUT2D eigenvalue weighted by molar-refractivity contribution is 5.82. The molecule has 0 aliphatic carbocycles. The Hall–Kier alpha value is -2.04. The molecule has 0 aromatic heterocycles. The average molecular weight is 288 g/mol. The van der Waals surface area contributed by atoms with E-state index in [9.17, 15) is 9.59 Å². The molecular formula is C16H20N2O3. The van der Waals surface area contributed by atoms with Crippen molar-refractivity contribution < 1.29 is 14.3 Å². The van der Waals surface area contributed by atoms with E-state index in [1.54, 1.807) is 4.90 Å². The van der Waals surface area contributed by atoms with Crippen molar-refractivity contribution in [1.29, 1.82) is 0 Å². The summed E-state index contributed by atoms with van der Waals surface area (Å²) in [5, 5.41) is 0. The van der Waals surface area contributed by atoms with Crippen molar-refractivity contribution in [1.82, 2.24) is 9.80 Å². The Morgan fingerprint density at radius 3 is 2.43 bits per heavy atom. The van der Waals surface area contributed by atoms with Crippen LogP contribution in [-0.2, 0) is 16.1 Å². The molecule has 1 aromatic carbocycles. The SMILES string of the molecule is O=C(OCc1ccccc1)N1CCC(N2CCC2=O)CC1. The molecule has 2 aliphatic rings. The Bertz CT molecular complexity index is 510. The number of likely N-dealkylation sites (tertiary alicyclic amines) is 2. The van der Waals surface area contributed by atoms with Gasteiger partial charge in [-0.1, -0.05) is 30.3 Å². The summed E-state index contributed by atoms with van der Waals surface area (Å²) >= 11 is 0. The quantitative estimate of drug-likeness (QED) is 0.800. The van der Waals surface area contributed by atoms with E-state index in [4.69, 9.17) is 4.74 Å². The smallest absolute Gasteiger partial charge is 0.410 e. The molecule has 3 rings (SSSR count). The number of ether oxygens (including phenoxy) is 1. The fourth-order valence-electron chi connectivity index (χ4n) is 2.89. The van der Waals surface area contributed by atoms with Gasteiger partial charge in [0.15, 0.2) is 0 Å². The van der Waals surface area contributed by atoms with Gasteiger partial charge >= 0.3 is 6.09 Å². The Labute approximate surface area is 124 Å². The van der Waals surface area contributed by atoms with Gasteiger partial charge in [0.05, 0.1) is 0 Å². The van der Waals surface area contributed by atoms with Gasteiger partial charge in [-0.15, -0.1) is 0 Å². The van der Waals surface area contributed by atoms with E-state index in [2.05, 4.69) is 0 Å². The first-order valence-electron chi connectivity index (χ1n) is 7.49. The fourth-order valence-corrected chi connectivity index (χ4v) is 2.89. The van der Waals surface area contributed by atoms with Crippen LogP contribution in [0.25, 0.3) is 0 Å². The minimum absolute atomic E-state index is 0.250. The second-order valence-corrected chi connectivity index (χ2v) is 5.60. The van der Waals surface area contributed by atoms with E-state index in [0.29, 0.717) is 32.2 Å². The van der Waals surface area contributed by atoms with Crippen LogP contribution in [0.3, 0.4) is 0 Å². The predicted octanol–water partition coefficient (Wildman–Crippen LogP) is 2.02. The zero-order valence-corrected chi connectivity index (χ0v) is 12.0. The largest absolute Gasteiger partial charge is 0.445 e. The molecule has 0 radical (unpaired) electrons. The molecule has 0 spiro atoms. The monoisotopic (exact) mass is 288 g/mol. The van der Waals surface area contributed by atoms with E-state index in [-0.39, 0.29) is 12.0 Å². The third-order valence-electron chi connectivity index (χ3n) is 4.26. The number of β-lactam (4-membered cyclic amide) rings is 1. The minimum atomic E-state index is -0.257. The Balaban J connectivity index is 1.43. The summed E-state index contributed by atoms with van der Waals surface area (Å²) in [7, 11) is 0. The number of nitrogens with zero attached hydrogens (tertiary/aromatic N) is 2. The third kappa shape index (κ3) is 3.17. The topological polar surface area (TPSA) is 49.9 Å². The average Bonchev–Trinajstić information content (AvgIpc) is 2.53. The number of amides is 2. The van der Waals surface area contributed by atoms with Crippen LogP contribution in [0.2, 0.25) is 0 Å². The van der Waals surface area contributed by atoms with Gasteiger partial charge in [-0.2, -0.15) is 0 Å². The van der Waals surface area contributed by atoms with Crippen LogP contribution in [0.1, 0.15) is 24.8 Å². The summed E-state index contributed by atoms with van der Waals surface area (Å²) < 4.78 is 5.33. The van der Waals surface area contributed by atoms with Crippen LogP contribution < -0.4 is 0 Å². The van der Waals surface area contributed by atoms with Crippen molar-refractivity contribution in [2.24, 2.45) is 0 Å². The number of piperidine rings is 1. The molecular weight excluding hydrogens is 268 g/mol. The number of carbonyl (C=O) groups excluding carboxylic acids is 2. The Kier molecular flexibility index (Phi) is 4.08. The lowest BCUT2D eigenvalue weighted by Crippen LogP contribution is -2.54. The van der Waals surface area contributed by atoms with E-state index in [1.165, 1.54) is 0 Å². The van der Waals surface area contributed by atoms with Crippen LogP contribution >= 0.6 is 0 Å². The summed E-state index contributed by atoms with van der Waals surface area (Å²) in [6.07, 6.45) is 2.13. The van der Waals surface area contributed by atoms with Crippen LogP contribution in [0, 0.1) is 0 Å². The van der Waals surface area contributed by atoms with Gasteiger partial charge in [-0.3, -0.25) is 4.79 Å². The molecule has 0 saturated carbocycles. The van der Waals surface area contributed by atoms with Crippen molar-refractivity contribution in [3.05, 3.63) is 35.9 Å². The maximum absolute atomic E-state index is 12.0. The second kappa shape index (κ2) is 6.16. The van der Waals surface area contributed by atoms with Gasteiger partial charge in [0, 0.05) is 32.1 Å². The Morgan fingerprint density at radius 2 is 1.86 bits per heavy atom. The molecule has 2 aliphatic heterocycles. The molecule has 0 atom stereocenters. The number of hydrogen-bond acceptors (Lipinski definition) is 3. The maximum atomic E-state index is 12.0. The summed E-state index contributed by atoms with van der Waals surface area (Å²) in [6.45, 7) is 2.52. The van der Waals surface area contributed by atoms with Crippen molar-refractivity contribution in [2.75, 3.05) is 19.6 Å². The molecule has 2 heterocycles. The number of carbonyl (C=O) groups is 2. The third-order valence-corrected chi connectivity index (χ3v) is 4.26. The second-order valence-electron chi connectivity index (χ2n) is 5.60. The number of benzene rings is 1. The summed E-state index contributed by atoms with van der Waals surface area (Å²) in [4.78, 5) is 27.1. The van der Waals surface area contributed by atoms with Gasteiger partial charge in [-0.05, 0) is 18.4 Å². The predicted molar refractivity (Wildman–Crippen MR) is 77.6 cm³/mol. The van der Waals surface area contributed by atoms with Gasteiger partial charge in [0.25, 0.3) is 0 Å². The highest BCUT2D eigenvalue weighted by Crippen LogP contribution is 2.22. The zero-order valence-electron chi connectivity index (χ0n) is 12.0. The Morgan fingerprint density at radius 1 is 1.14 bits per heavy atom. The van der Waals surface area contributed by atoms with Crippen molar-refractivity contribution in [2.45, 2.75) is 31.9 Å². The molecule has 21 heavy (non-hydrogen) atoms. The summed E-state index contributed by atoms with van der Waals surface area (Å²) in [5.74, 6) is 0.250. The molecule has 0 bridgehead atoms. The lowest BCUT2D eigenvalue weighted by Gasteiger charge is -2.42. The highest BCUT2D eigenvalue weighted by atomic mass is 16.6. The van der Waals surface area contributed by atoms with Crippen molar-refractivity contribution in [3.8, 4) is 0 Å². The van der Waals surface area contributed by atoms with Crippen LogP contribution in [0.5, 0.6) is 0 Å². The maximum Gasteiger partial charge on any atom is 0.410 e. The number of hydrogen-bond donors (Lipinski definition) is 0.